The van der Waals surface area contributed by atoms with Crippen LogP contribution in [0.5, 0.6) is 5.75 Å². The van der Waals surface area contributed by atoms with Crippen LogP contribution in [-0.4, -0.2) is 76.8 Å². The first-order valence-electron chi connectivity index (χ1n) is 9.99. The van der Waals surface area contributed by atoms with Gasteiger partial charge in [-0.1, -0.05) is 0 Å². The van der Waals surface area contributed by atoms with E-state index in [2.05, 4.69) is 8.92 Å². The molecule has 0 atom stereocenters. The van der Waals surface area contributed by atoms with Crippen molar-refractivity contribution in [3.05, 3.63) is 35.6 Å². The Morgan fingerprint density at radius 2 is 1.02 bits per heavy atom. The maximum absolute atomic E-state index is 14.7. The standard InChI is InChI=1S/C17H10F17NO7S2.Na/c18-11(14(23,24)25,15(26,27)28)9(12(19,16(29,30)31)17(32,33)34)10(13(20,21)22)42-7-1-3-8(4-2-7)43(36,37)35-5-6-41-44(38,39)40;/h1-4,35H,5-6H2,(H,38,39,40);/q;+1/p-1. The van der Waals surface area contributed by atoms with Crippen molar-refractivity contribution < 1.29 is 135 Å². The van der Waals surface area contributed by atoms with Crippen LogP contribution in [0.25, 0.3) is 0 Å². The van der Waals surface area contributed by atoms with Gasteiger partial charge in [0.05, 0.1) is 17.1 Å². The molecule has 0 aliphatic heterocycles. The Bertz CT molecular complexity index is 1360. The number of sulfonamides is 1. The topological polar surface area (TPSA) is 122 Å². The van der Waals surface area contributed by atoms with Crippen LogP contribution in [0.3, 0.4) is 0 Å². The van der Waals surface area contributed by atoms with E-state index >= 15 is 0 Å². The van der Waals surface area contributed by atoms with E-state index in [1.807, 2.05) is 0 Å². The number of halogens is 17. The van der Waals surface area contributed by atoms with Gasteiger partial charge in [0, 0.05) is 6.54 Å². The maximum Gasteiger partial charge on any atom is 1.00 e. The third-order valence-electron chi connectivity index (χ3n) is 4.71. The molecule has 8 nitrogen and oxygen atoms in total. The summed E-state index contributed by atoms with van der Waals surface area (Å²) in [5, 5.41) is 0. The van der Waals surface area contributed by atoms with Gasteiger partial charge in [0.15, 0.2) is 0 Å². The molecule has 1 aromatic rings. The zero-order chi connectivity index (χ0) is 35.2. The molecule has 1 rings (SSSR count). The Kier molecular flexibility index (Phi) is 13.0. The fourth-order valence-corrected chi connectivity index (χ4v) is 4.20. The fourth-order valence-electron chi connectivity index (χ4n) is 2.90. The van der Waals surface area contributed by atoms with E-state index in [0.717, 1.165) is 0 Å². The molecule has 256 valence electrons. The van der Waals surface area contributed by atoms with E-state index in [-0.39, 0.29) is 53.8 Å². The molecule has 0 amide bonds. The van der Waals surface area contributed by atoms with Crippen LogP contribution in [0, 0.1) is 0 Å². The SMILES string of the molecule is O=S(=O)([O-])OCCNS(=O)(=O)c1ccc(OC(=C(C(F)(C(F)(F)F)C(F)(F)F)C(F)(C(F)(F)F)C(F)(F)F)C(F)(F)F)cc1.[Na+]. The summed E-state index contributed by atoms with van der Waals surface area (Å²) in [6.45, 7) is -2.20. The number of benzene rings is 1. The van der Waals surface area contributed by atoms with Gasteiger partial charge in [0.1, 0.15) is 5.75 Å². The van der Waals surface area contributed by atoms with Crippen LogP contribution in [0.4, 0.5) is 74.6 Å². The first kappa shape index (κ1) is 43.4. The molecule has 1 aromatic carbocycles. The predicted molar refractivity (Wildman–Crippen MR) is 103 cm³/mol. The largest absolute Gasteiger partial charge is 1.00 e. The normalized spacial score (nSPS) is 14.5. The number of allylic oxidation sites excluding steroid dienone is 2. The molecule has 0 fully saturated rings. The van der Waals surface area contributed by atoms with Crippen molar-refractivity contribution in [3.63, 3.8) is 0 Å². The molecule has 45 heavy (non-hydrogen) atoms. The molecule has 0 aromatic heterocycles. The van der Waals surface area contributed by atoms with E-state index in [9.17, 15) is 96.0 Å². The Balaban J connectivity index is 0.0000194. The van der Waals surface area contributed by atoms with E-state index in [1.54, 1.807) is 0 Å². The summed E-state index contributed by atoms with van der Waals surface area (Å²) in [6.07, 6.45) is -40.2. The maximum atomic E-state index is 14.7. The summed E-state index contributed by atoms with van der Waals surface area (Å²) in [5.74, 6) is -6.79. The third kappa shape index (κ3) is 9.47. The van der Waals surface area contributed by atoms with Gasteiger partial charge in [-0.05, 0) is 24.3 Å². The van der Waals surface area contributed by atoms with Gasteiger partial charge in [-0.3, -0.25) is 4.18 Å². The van der Waals surface area contributed by atoms with Crippen molar-refractivity contribution in [2.75, 3.05) is 13.2 Å². The van der Waals surface area contributed by atoms with Gasteiger partial charge < -0.3 is 9.29 Å². The molecule has 0 heterocycles. The van der Waals surface area contributed by atoms with Crippen molar-refractivity contribution in [3.8, 4) is 5.75 Å². The first-order chi connectivity index (χ1) is 19.1. The molecular formula is C17H9F17NNaO7S2. The van der Waals surface area contributed by atoms with Gasteiger partial charge >= 0.3 is 71.8 Å². The van der Waals surface area contributed by atoms with E-state index in [1.165, 1.54) is 4.72 Å². The third-order valence-corrected chi connectivity index (χ3v) is 6.64. The zero-order valence-electron chi connectivity index (χ0n) is 20.8. The van der Waals surface area contributed by atoms with Crippen molar-refractivity contribution in [1.29, 1.82) is 0 Å². The average Bonchev–Trinajstić information content (AvgIpc) is 2.77. The van der Waals surface area contributed by atoms with E-state index < -0.39 is 97.8 Å². The summed E-state index contributed by atoms with van der Waals surface area (Å²) in [6, 6.07) is -0.469. The molecule has 0 radical (unpaired) electrons. The smallest absolute Gasteiger partial charge is 0.726 e. The van der Waals surface area contributed by atoms with Crippen LogP contribution in [0.1, 0.15) is 0 Å². The Morgan fingerprint density at radius 1 is 0.667 bits per heavy atom. The number of hydrogen-bond acceptors (Lipinski definition) is 7. The van der Waals surface area contributed by atoms with E-state index in [4.69, 9.17) is 0 Å². The monoisotopic (exact) mass is 749 g/mol. The Morgan fingerprint density at radius 3 is 1.31 bits per heavy atom. The van der Waals surface area contributed by atoms with Gasteiger partial charge in [-0.2, -0.15) is 65.9 Å². The van der Waals surface area contributed by atoms with Crippen LogP contribution in [0.2, 0.25) is 0 Å². The second kappa shape index (κ2) is 13.5. The van der Waals surface area contributed by atoms with Crippen LogP contribution in [-0.2, 0) is 24.6 Å². The zero-order valence-corrected chi connectivity index (χ0v) is 24.5. The molecule has 0 unspecified atom stereocenters. The van der Waals surface area contributed by atoms with Crippen molar-refractivity contribution in [2.24, 2.45) is 0 Å². The van der Waals surface area contributed by atoms with Gasteiger partial charge in [-0.25, -0.2) is 30.3 Å². The fraction of sp³-hybridized carbons (Fsp3) is 0.529. The molecule has 0 saturated heterocycles. The average molecular weight is 749 g/mol. The second-order valence-corrected chi connectivity index (χ2v) is 10.5. The number of alkyl halides is 17. The van der Waals surface area contributed by atoms with Gasteiger partial charge in [0.25, 0.3) is 0 Å². The summed E-state index contributed by atoms with van der Waals surface area (Å²) in [5.41, 5.74) is -22.5. The number of rotatable bonds is 10. The molecule has 28 heteroatoms. The quantitative estimate of drug-likeness (QED) is 0.0974. The molecule has 0 aliphatic rings. The number of hydrogen-bond donors (Lipinski definition) is 1. The van der Waals surface area contributed by atoms with E-state index in [0.29, 0.717) is 0 Å². The molecule has 1 N–H and O–H groups in total. The summed E-state index contributed by atoms with van der Waals surface area (Å²) < 4.78 is 292. The molecular weight excluding hydrogens is 740 g/mol. The summed E-state index contributed by atoms with van der Waals surface area (Å²) in [4.78, 5) is -1.18. The van der Waals surface area contributed by atoms with Crippen LogP contribution in [0.15, 0.2) is 40.5 Å². The minimum atomic E-state index is -8.39. The number of ether oxygens (including phenoxy) is 1. The summed E-state index contributed by atoms with van der Waals surface area (Å²) >= 11 is 0. The number of nitrogens with one attached hydrogen (secondary N) is 1. The van der Waals surface area contributed by atoms with Crippen molar-refractivity contribution >= 4 is 20.4 Å². The van der Waals surface area contributed by atoms with Gasteiger partial charge in [-0.15, -0.1) is 0 Å². The molecule has 0 bridgehead atoms. The Labute approximate surface area is 260 Å². The summed E-state index contributed by atoms with van der Waals surface area (Å²) in [7, 11) is -10.3. The minimum absolute atomic E-state index is 0. The van der Waals surface area contributed by atoms with Crippen molar-refractivity contribution in [2.45, 2.75) is 47.1 Å². The second-order valence-electron chi connectivity index (χ2n) is 7.71. The van der Waals surface area contributed by atoms with Gasteiger partial charge in [0.2, 0.25) is 26.2 Å². The molecule has 0 aliphatic carbocycles. The Hall–Kier alpha value is -1.65. The molecule has 0 spiro atoms. The van der Waals surface area contributed by atoms with Crippen LogP contribution < -0.4 is 39.0 Å². The van der Waals surface area contributed by atoms with Crippen LogP contribution >= 0.6 is 0 Å². The molecule has 0 saturated carbocycles. The first-order valence-corrected chi connectivity index (χ1v) is 12.8. The van der Waals surface area contributed by atoms with Crippen molar-refractivity contribution in [1.82, 2.24) is 4.72 Å². The minimum Gasteiger partial charge on any atom is -0.726 e. The predicted octanol–water partition coefficient (Wildman–Crippen LogP) is 2.31.